The van der Waals surface area contributed by atoms with E-state index in [-0.39, 0.29) is 19.0 Å². The first kappa shape index (κ1) is 22.5. The van der Waals surface area contributed by atoms with Crippen molar-refractivity contribution in [3.8, 4) is 0 Å². The van der Waals surface area contributed by atoms with Gasteiger partial charge in [-0.25, -0.2) is 8.42 Å². The highest BCUT2D eigenvalue weighted by atomic mass is 32.2. The zero-order valence-corrected chi connectivity index (χ0v) is 19.0. The zero-order chi connectivity index (χ0) is 21.7. The molecule has 1 saturated heterocycles. The lowest BCUT2D eigenvalue weighted by Crippen LogP contribution is -2.43. The van der Waals surface area contributed by atoms with E-state index in [9.17, 15) is 13.2 Å². The van der Waals surface area contributed by atoms with E-state index in [4.69, 9.17) is 0 Å². The van der Waals surface area contributed by atoms with Gasteiger partial charge < -0.3 is 4.90 Å². The van der Waals surface area contributed by atoms with Crippen LogP contribution in [-0.2, 0) is 21.4 Å². The molecule has 0 unspecified atom stereocenters. The number of sulfonamides is 1. The van der Waals surface area contributed by atoms with Crippen molar-refractivity contribution >= 4 is 15.9 Å². The lowest BCUT2D eigenvalue weighted by atomic mass is 10.1. The molecule has 0 N–H and O–H groups in total. The molecule has 1 heterocycles. The Morgan fingerprint density at radius 3 is 2.07 bits per heavy atom. The molecular formula is C24H32N2O3S. The Morgan fingerprint density at radius 1 is 0.933 bits per heavy atom. The van der Waals surface area contributed by atoms with Gasteiger partial charge in [0.15, 0.2) is 0 Å². The second-order valence-corrected chi connectivity index (χ2v) is 10.2. The molecular weight excluding hydrogens is 396 g/mol. The Hall–Kier alpha value is -2.18. The summed E-state index contributed by atoms with van der Waals surface area (Å²) >= 11 is 0. The fourth-order valence-electron chi connectivity index (χ4n) is 4.29. The predicted molar refractivity (Wildman–Crippen MR) is 120 cm³/mol. The average molecular weight is 429 g/mol. The molecule has 0 saturated carbocycles. The van der Waals surface area contributed by atoms with Gasteiger partial charge in [-0.05, 0) is 50.3 Å². The van der Waals surface area contributed by atoms with Crippen molar-refractivity contribution in [3.63, 3.8) is 0 Å². The van der Waals surface area contributed by atoms with Crippen molar-refractivity contribution in [2.45, 2.75) is 57.9 Å². The fraction of sp³-hybridized carbons (Fsp3) is 0.458. The first-order valence-electron chi connectivity index (χ1n) is 10.7. The lowest BCUT2D eigenvalue weighted by molar-refractivity contribution is -0.131. The Bertz CT molecular complexity index is 956. The highest BCUT2D eigenvalue weighted by Crippen LogP contribution is 2.27. The van der Waals surface area contributed by atoms with Crippen LogP contribution in [-0.4, -0.2) is 43.2 Å². The minimum absolute atomic E-state index is 0.112. The van der Waals surface area contributed by atoms with E-state index in [1.54, 1.807) is 0 Å². The summed E-state index contributed by atoms with van der Waals surface area (Å²) in [6.07, 6.45) is 4.20. The van der Waals surface area contributed by atoms with Gasteiger partial charge in [0.05, 0.1) is 11.4 Å². The molecule has 0 radical (unpaired) electrons. The number of hydrogen-bond donors (Lipinski definition) is 0. The minimum Gasteiger partial charge on any atom is -0.342 e. The van der Waals surface area contributed by atoms with Crippen molar-refractivity contribution < 1.29 is 13.2 Å². The third-order valence-corrected chi connectivity index (χ3v) is 7.77. The first-order chi connectivity index (χ1) is 14.3. The van der Waals surface area contributed by atoms with E-state index in [2.05, 4.69) is 0 Å². The van der Waals surface area contributed by atoms with E-state index >= 15 is 0 Å². The van der Waals surface area contributed by atoms with E-state index < -0.39 is 10.0 Å². The molecule has 0 bridgehead atoms. The van der Waals surface area contributed by atoms with Gasteiger partial charge in [0.25, 0.3) is 0 Å². The molecule has 1 fully saturated rings. The van der Waals surface area contributed by atoms with Gasteiger partial charge in [-0.1, -0.05) is 60.9 Å². The smallest absolute Gasteiger partial charge is 0.244 e. The van der Waals surface area contributed by atoms with Crippen molar-refractivity contribution in [2.24, 2.45) is 0 Å². The SMILES string of the molecule is Cc1cc(C)c(S(=O)(=O)N(CC(=O)N2CCCCCC2)Cc2ccccc2)c(C)c1. The van der Waals surface area contributed by atoms with Gasteiger partial charge in [-0.2, -0.15) is 4.31 Å². The van der Waals surface area contributed by atoms with Gasteiger partial charge in [-0.15, -0.1) is 0 Å². The molecule has 0 atom stereocenters. The molecule has 2 aromatic rings. The van der Waals surface area contributed by atoms with Gasteiger partial charge >= 0.3 is 0 Å². The third kappa shape index (κ3) is 5.29. The normalized spacial score (nSPS) is 15.3. The van der Waals surface area contributed by atoms with Crippen LogP contribution in [0.4, 0.5) is 0 Å². The maximum atomic E-state index is 13.7. The number of amides is 1. The van der Waals surface area contributed by atoms with Crippen LogP contribution in [0.15, 0.2) is 47.4 Å². The highest BCUT2D eigenvalue weighted by molar-refractivity contribution is 7.89. The van der Waals surface area contributed by atoms with E-state index in [1.165, 1.54) is 4.31 Å². The summed E-state index contributed by atoms with van der Waals surface area (Å²) in [5.41, 5.74) is 3.33. The summed E-state index contributed by atoms with van der Waals surface area (Å²) in [5, 5.41) is 0. The van der Waals surface area contributed by atoms with Gasteiger partial charge in [0.1, 0.15) is 0 Å². The van der Waals surface area contributed by atoms with Crippen molar-refractivity contribution in [1.82, 2.24) is 9.21 Å². The van der Waals surface area contributed by atoms with Crippen molar-refractivity contribution in [1.29, 1.82) is 0 Å². The van der Waals surface area contributed by atoms with E-state index in [0.29, 0.717) is 29.1 Å². The molecule has 2 aromatic carbocycles. The van der Waals surface area contributed by atoms with Gasteiger partial charge in [-0.3, -0.25) is 4.79 Å². The number of aryl methyl sites for hydroxylation is 3. The molecule has 1 aliphatic heterocycles. The van der Waals surface area contributed by atoms with E-state index in [0.717, 1.165) is 36.8 Å². The molecule has 3 rings (SSSR count). The maximum Gasteiger partial charge on any atom is 0.244 e. The summed E-state index contributed by atoms with van der Waals surface area (Å²) in [6.45, 7) is 7.07. The Labute approximate surface area is 180 Å². The van der Waals surface area contributed by atoms with Crippen LogP contribution < -0.4 is 0 Å². The summed E-state index contributed by atoms with van der Waals surface area (Å²) in [7, 11) is -3.83. The summed E-state index contributed by atoms with van der Waals surface area (Å²) in [4.78, 5) is 15.2. The number of likely N-dealkylation sites (tertiary alicyclic amines) is 1. The summed E-state index contributed by atoms with van der Waals surface area (Å²) in [5.74, 6) is -0.112. The lowest BCUT2D eigenvalue weighted by Gasteiger charge is -2.27. The van der Waals surface area contributed by atoms with Crippen LogP contribution in [0, 0.1) is 20.8 Å². The third-order valence-electron chi connectivity index (χ3n) is 5.67. The second kappa shape index (κ2) is 9.75. The quantitative estimate of drug-likeness (QED) is 0.693. The first-order valence-corrected chi connectivity index (χ1v) is 12.1. The molecule has 0 aromatic heterocycles. The highest BCUT2D eigenvalue weighted by Gasteiger charge is 2.31. The predicted octanol–water partition coefficient (Wildman–Crippen LogP) is 4.21. The number of carbonyl (C=O) groups is 1. The summed E-state index contributed by atoms with van der Waals surface area (Å²) in [6, 6.07) is 13.2. The van der Waals surface area contributed by atoms with Crippen LogP contribution in [0.1, 0.15) is 47.9 Å². The monoisotopic (exact) mass is 428 g/mol. The van der Waals surface area contributed by atoms with Crippen LogP contribution in [0.5, 0.6) is 0 Å². The van der Waals surface area contributed by atoms with Crippen LogP contribution in [0.3, 0.4) is 0 Å². The Kier molecular flexibility index (Phi) is 7.32. The second-order valence-electron chi connectivity index (χ2n) is 8.28. The molecule has 162 valence electrons. The number of hydrogen-bond acceptors (Lipinski definition) is 3. The van der Waals surface area contributed by atoms with Crippen LogP contribution in [0.2, 0.25) is 0 Å². The van der Waals surface area contributed by atoms with Crippen LogP contribution in [0.25, 0.3) is 0 Å². The fourth-order valence-corrected chi connectivity index (χ4v) is 6.08. The largest absolute Gasteiger partial charge is 0.342 e. The summed E-state index contributed by atoms with van der Waals surface area (Å²) < 4.78 is 28.8. The van der Waals surface area contributed by atoms with Crippen molar-refractivity contribution in [3.05, 3.63) is 64.7 Å². The standard InChI is InChI=1S/C24H32N2O3S/c1-19-15-20(2)24(21(3)16-19)30(28,29)26(17-22-11-7-6-8-12-22)18-23(27)25-13-9-4-5-10-14-25/h6-8,11-12,15-16H,4-5,9-10,13-14,17-18H2,1-3H3. The van der Waals surface area contributed by atoms with Crippen LogP contribution >= 0.6 is 0 Å². The Balaban J connectivity index is 1.95. The molecule has 0 spiro atoms. The van der Waals surface area contributed by atoms with Gasteiger partial charge in [0.2, 0.25) is 15.9 Å². The number of nitrogens with zero attached hydrogens (tertiary/aromatic N) is 2. The molecule has 1 amide bonds. The molecule has 5 nitrogen and oxygen atoms in total. The van der Waals surface area contributed by atoms with Gasteiger partial charge in [0, 0.05) is 19.6 Å². The number of rotatable bonds is 6. The number of benzene rings is 2. The zero-order valence-electron chi connectivity index (χ0n) is 18.2. The molecule has 30 heavy (non-hydrogen) atoms. The average Bonchev–Trinajstić information content (AvgIpc) is 2.97. The molecule has 1 aliphatic rings. The topological polar surface area (TPSA) is 57.7 Å². The molecule has 6 heteroatoms. The Morgan fingerprint density at radius 2 is 1.50 bits per heavy atom. The maximum absolute atomic E-state index is 13.7. The number of carbonyl (C=O) groups excluding carboxylic acids is 1. The molecule has 0 aliphatic carbocycles. The van der Waals surface area contributed by atoms with Crippen molar-refractivity contribution in [2.75, 3.05) is 19.6 Å². The van der Waals surface area contributed by atoms with E-state index in [1.807, 2.05) is 68.1 Å². The minimum atomic E-state index is -3.83.